The first kappa shape index (κ1) is 21.8. The van der Waals surface area contributed by atoms with Crippen LogP contribution in [0.1, 0.15) is 63.8 Å². The molecular weight excluding hydrogens is 384 g/mol. The van der Waals surface area contributed by atoms with Crippen LogP contribution in [0.2, 0.25) is 0 Å². The van der Waals surface area contributed by atoms with E-state index in [9.17, 15) is 13.7 Å². The first-order valence-corrected chi connectivity index (χ1v) is 12.2. The quantitative estimate of drug-likeness (QED) is 0.679. The van der Waals surface area contributed by atoms with Crippen LogP contribution in [-0.4, -0.2) is 48.6 Å². The van der Waals surface area contributed by atoms with Crippen LogP contribution in [0.3, 0.4) is 0 Å². The SMILES string of the molecule is CCCS(=O)(=O)N1CCC12CCN(c1c(C#N)cnc(CC)c1/C=C\C(C)C)C2. The molecule has 1 atom stereocenters. The monoisotopic (exact) mass is 416 g/mol. The lowest BCUT2D eigenvalue weighted by atomic mass is 9.87. The predicted molar refractivity (Wildman–Crippen MR) is 117 cm³/mol. The summed E-state index contributed by atoms with van der Waals surface area (Å²) in [5, 5.41) is 9.75. The Morgan fingerprint density at radius 1 is 1.31 bits per heavy atom. The molecular formula is C22H32N4O2S. The van der Waals surface area contributed by atoms with Crippen LogP contribution < -0.4 is 4.90 Å². The van der Waals surface area contributed by atoms with Crippen molar-refractivity contribution < 1.29 is 8.42 Å². The van der Waals surface area contributed by atoms with E-state index in [4.69, 9.17) is 0 Å². The van der Waals surface area contributed by atoms with E-state index in [0.29, 0.717) is 31.0 Å². The summed E-state index contributed by atoms with van der Waals surface area (Å²) in [7, 11) is -3.22. The first-order valence-electron chi connectivity index (χ1n) is 10.6. The fraction of sp³-hybridized carbons (Fsp3) is 0.636. The number of hydrogen-bond donors (Lipinski definition) is 0. The van der Waals surface area contributed by atoms with Crippen LogP contribution >= 0.6 is 0 Å². The number of sulfonamides is 1. The molecule has 1 unspecified atom stereocenters. The molecule has 29 heavy (non-hydrogen) atoms. The first-order chi connectivity index (χ1) is 13.8. The fourth-order valence-electron chi connectivity index (χ4n) is 4.50. The maximum Gasteiger partial charge on any atom is 0.214 e. The minimum Gasteiger partial charge on any atom is -0.368 e. The number of nitriles is 1. The van der Waals surface area contributed by atoms with E-state index in [1.54, 1.807) is 10.5 Å². The van der Waals surface area contributed by atoms with E-state index in [2.05, 4.69) is 48.9 Å². The molecule has 3 rings (SSSR count). The van der Waals surface area contributed by atoms with Crippen molar-refractivity contribution in [1.29, 1.82) is 5.26 Å². The molecule has 0 aromatic carbocycles. The van der Waals surface area contributed by atoms with Gasteiger partial charge in [-0.1, -0.05) is 39.8 Å². The summed E-state index contributed by atoms with van der Waals surface area (Å²) in [6.45, 7) is 10.2. The summed E-state index contributed by atoms with van der Waals surface area (Å²) < 4.78 is 27.2. The molecule has 0 saturated carbocycles. The summed E-state index contributed by atoms with van der Waals surface area (Å²) >= 11 is 0. The molecule has 2 aliphatic rings. The highest BCUT2D eigenvalue weighted by Crippen LogP contribution is 2.44. The van der Waals surface area contributed by atoms with E-state index in [0.717, 1.165) is 42.8 Å². The normalized spacial score (nSPS) is 22.6. The van der Waals surface area contributed by atoms with Gasteiger partial charge in [-0.3, -0.25) is 4.98 Å². The highest BCUT2D eigenvalue weighted by molar-refractivity contribution is 7.89. The summed E-state index contributed by atoms with van der Waals surface area (Å²) in [4.78, 5) is 6.74. The Kier molecular flexibility index (Phi) is 6.35. The number of allylic oxidation sites excluding steroid dienone is 1. The third-order valence-corrected chi connectivity index (χ3v) is 8.20. The van der Waals surface area contributed by atoms with Gasteiger partial charge < -0.3 is 4.90 Å². The van der Waals surface area contributed by atoms with Gasteiger partial charge in [-0.2, -0.15) is 9.57 Å². The number of hydrogen-bond acceptors (Lipinski definition) is 5. The van der Waals surface area contributed by atoms with Gasteiger partial charge in [-0.25, -0.2) is 8.42 Å². The maximum absolute atomic E-state index is 12.7. The third-order valence-electron chi connectivity index (χ3n) is 6.03. The summed E-state index contributed by atoms with van der Waals surface area (Å²) in [5.74, 6) is 0.597. The molecule has 1 aromatic rings. The van der Waals surface area contributed by atoms with Crippen molar-refractivity contribution in [2.75, 3.05) is 30.3 Å². The zero-order valence-corrected chi connectivity index (χ0v) is 18.8. The molecule has 0 aliphatic carbocycles. The van der Waals surface area contributed by atoms with E-state index in [1.807, 2.05) is 6.92 Å². The molecule has 0 radical (unpaired) electrons. The van der Waals surface area contributed by atoms with Crippen LogP contribution in [-0.2, 0) is 16.4 Å². The molecule has 2 aliphatic heterocycles. The highest BCUT2D eigenvalue weighted by atomic mass is 32.2. The molecule has 7 heteroatoms. The van der Waals surface area contributed by atoms with Crippen LogP contribution in [0.4, 0.5) is 5.69 Å². The van der Waals surface area contributed by atoms with Gasteiger partial charge in [0.05, 0.1) is 22.5 Å². The zero-order valence-electron chi connectivity index (χ0n) is 18.0. The Balaban J connectivity index is 1.99. The lowest BCUT2D eigenvalue weighted by molar-refractivity contribution is 0.0934. The summed E-state index contributed by atoms with van der Waals surface area (Å²) in [6, 6.07) is 2.31. The summed E-state index contributed by atoms with van der Waals surface area (Å²) in [6.07, 6.45) is 8.99. The zero-order chi connectivity index (χ0) is 21.2. The molecule has 6 nitrogen and oxygen atoms in total. The van der Waals surface area contributed by atoms with Gasteiger partial charge >= 0.3 is 0 Å². The van der Waals surface area contributed by atoms with Gasteiger partial charge in [0.1, 0.15) is 6.07 Å². The average molecular weight is 417 g/mol. The van der Waals surface area contributed by atoms with Gasteiger partial charge in [-0.05, 0) is 31.6 Å². The molecule has 1 aromatic heterocycles. The molecule has 158 valence electrons. The number of anilines is 1. The van der Waals surface area contributed by atoms with Crippen molar-refractivity contribution in [2.45, 2.75) is 58.9 Å². The Hall–Kier alpha value is -1.91. The van der Waals surface area contributed by atoms with Gasteiger partial charge in [0, 0.05) is 37.1 Å². The van der Waals surface area contributed by atoms with Crippen molar-refractivity contribution in [3.05, 3.63) is 29.1 Å². The fourth-order valence-corrected chi connectivity index (χ4v) is 6.44. The van der Waals surface area contributed by atoms with Crippen molar-refractivity contribution in [2.24, 2.45) is 5.92 Å². The number of aryl methyl sites for hydroxylation is 1. The van der Waals surface area contributed by atoms with Gasteiger partial charge in [-0.15, -0.1) is 0 Å². The molecule has 0 amide bonds. The third kappa shape index (κ3) is 4.06. The maximum atomic E-state index is 12.7. The number of pyridine rings is 1. The Morgan fingerprint density at radius 3 is 2.59 bits per heavy atom. The van der Waals surface area contributed by atoms with Crippen LogP contribution in [0, 0.1) is 17.2 Å². The van der Waals surface area contributed by atoms with E-state index >= 15 is 0 Å². The Morgan fingerprint density at radius 2 is 2.03 bits per heavy atom. The second-order valence-corrected chi connectivity index (χ2v) is 10.5. The minimum absolute atomic E-state index is 0.204. The predicted octanol–water partition coefficient (Wildman–Crippen LogP) is 3.58. The van der Waals surface area contributed by atoms with Gasteiger partial charge in [0.25, 0.3) is 0 Å². The topological polar surface area (TPSA) is 77.3 Å². The molecule has 0 N–H and O–H groups in total. The second kappa shape index (κ2) is 8.45. The smallest absolute Gasteiger partial charge is 0.214 e. The number of rotatable bonds is 7. The lowest BCUT2D eigenvalue weighted by Gasteiger charge is -2.49. The van der Waals surface area contributed by atoms with Crippen molar-refractivity contribution in [3.63, 3.8) is 0 Å². The van der Waals surface area contributed by atoms with Gasteiger partial charge in [0.2, 0.25) is 10.0 Å². The second-order valence-electron chi connectivity index (χ2n) is 8.48. The number of nitrogens with zero attached hydrogens (tertiary/aromatic N) is 4. The molecule has 0 bridgehead atoms. The Labute approximate surface area is 175 Å². The highest BCUT2D eigenvalue weighted by Gasteiger charge is 2.54. The molecule has 3 heterocycles. The van der Waals surface area contributed by atoms with Crippen LogP contribution in [0.15, 0.2) is 12.3 Å². The molecule has 2 saturated heterocycles. The standard InChI is InChI=1S/C22H32N4O2S/c1-5-13-29(27,28)26-12-10-22(26)9-11-25(16-22)21-18(14-23)15-24-20(6-2)19(21)8-7-17(3)4/h7-8,15,17H,5-6,9-13,16H2,1-4H3/b8-7-. The minimum atomic E-state index is -3.22. The van der Waals surface area contributed by atoms with E-state index < -0.39 is 10.0 Å². The average Bonchev–Trinajstić information content (AvgIpc) is 3.11. The molecule has 2 fully saturated rings. The molecule has 1 spiro atoms. The van der Waals surface area contributed by atoms with Crippen LogP contribution in [0.25, 0.3) is 6.08 Å². The van der Waals surface area contributed by atoms with Crippen molar-refractivity contribution in [3.8, 4) is 6.07 Å². The van der Waals surface area contributed by atoms with E-state index in [1.165, 1.54) is 0 Å². The lowest BCUT2D eigenvalue weighted by Crippen LogP contribution is -2.63. The van der Waals surface area contributed by atoms with Crippen molar-refractivity contribution in [1.82, 2.24) is 9.29 Å². The Bertz CT molecular complexity index is 933. The summed E-state index contributed by atoms with van der Waals surface area (Å²) in [5.41, 5.74) is 3.12. The largest absolute Gasteiger partial charge is 0.368 e. The van der Waals surface area contributed by atoms with E-state index in [-0.39, 0.29) is 11.3 Å². The van der Waals surface area contributed by atoms with Crippen LogP contribution in [0.5, 0.6) is 0 Å². The van der Waals surface area contributed by atoms with Crippen molar-refractivity contribution >= 4 is 21.8 Å². The van der Waals surface area contributed by atoms with Gasteiger partial charge in [0.15, 0.2) is 0 Å². The number of aromatic nitrogens is 1.